The average molecular weight is 427 g/mol. The summed E-state index contributed by atoms with van der Waals surface area (Å²) in [6, 6.07) is 21.9. The van der Waals surface area contributed by atoms with E-state index < -0.39 is 5.97 Å². The molecule has 1 heterocycles. The third-order valence-corrected chi connectivity index (χ3v) is 5.17. The van der Waals surface area contributed by atoms with E-state index in [4.69, 9.17) is 9.47 Å². The van der Waals surface area contributed by atoms with Gasteiger partial charge in [-0.15, -0.1) is 0 Å². The number of aryl methyl sites for hydroxylation is 2. The van der Waals surface area contributed by atoms with Crippen molar-refractivity contribution in [1.82, 2.24) is 4.98 Å². The molecule has 162 valence electrons. The first-order valence-electron chi connectivity index (χ1n) is 10.7. The van der Waals surface area contributed by atoms with Crippen molar-refractivity contribution < 1.29 is 14.3 Å². The van der Waals surface area contributed by atoms with E-state index in [1.165, 1.54) is 0 Å². The van der Waals surface area contributed by atoms with Gasteiger partial charge in [-0.1, -0.05) is 42.0 Å². The minimum Gasteiger partial charge on any atom is -0.489 e. The zero-order valence-electron chi connectivity index (χ0n) is 18.5. The van der Waals surface area contributed by atoms with E-state index in [0.29, 0.717) is 24.5 Å². The molecular weight excluding hydrogens is 400 g/mol. The molecular formula is C27H26N2O3. The molecule has 1 N–H and O–H groups in total. The van der Waals surface area contributed by atoms with Gasteiger partial charge in [-0.25, -0.2) is 4.79 Å². The largest absolute Gasteiger partial charge is 0.489 e. The quantitative estimate of drug-likeness (QED) is 0.349. The Bertz CT molecular complexity index is 1240. The van der Waals surface area contributed by atoms with E-state index in [-0.39, 0.29) is 0 Å². The molecule has 1 aromatic heterocycles. The molecule has 4 aromatic rings. The molecule has 0 aliphatic heterocycles. The molecule has 0 fully saturated rings. The zero-order chi connectivity index (χ0) is 22.5. The van der Waals surface area contributed by atoms with Crippen LogP contribution in [0.4, 0.5) is 11.4 Å². The van der Waals surface area contributed by atoms with Crippen LogP contribution in [0.1, 0.15) is 34.0 Å². The summed E-state index contributed by atoms with van der Waals surface area (Å²) < 4.78 is 11.2. The highest BCUT2D eigenvalue weighted by Gasteiger charge is 2.18. The first-order valence-corrected chi connectivity index (χ1v) is 10.7. The number of nitrogens with zero attached hydrogens (tertiary/aromatic N) is 1. The van der Waals surface area contributed by atoms with Crippen LogP contribution < -0.4 is 10.1 Å². The van der Waals surface area contributed by atoms with Crippen LogP contribution in [0.2, 0.25) is 0 Å². The number of fused-ring (bicyclic) bond motifs is 1. The lowest BCUT2D eigenvalue weighted by molar-refractivity contribution is 0.0527. The van der Waals surface area contributed by atoms with Gasteiger partial charge in [0.25, 0.3) is 0 Å². The molecule has 0 amide bonds. The summed E-state index contributed by atoms with van der Waals surface area (Å²) in [6.45, 7) is 6.66. The van der Waals surface area contributed by atoms with E-state index in [2.05, 4.69) is 16.4 Å². The zero-order valence-corrected chi connectivity index (χ0v) is 18.5. The second-order valence-electron chi connectivity index (χ2n) is 7.67. The van der Waals surface area contributed by atoms with Crippen molar-refractivity contribution in [3.8, 4) is 5.75 Å². The summed E-state index contributed by atoms with van der Waals surface area (Å²) in [5.41, 5.74) is 6.08. The van der Waals surface area contributed by atoms with E-state index >= 15 is 0 Å². The molecule has 0 radical (unpaired) electrons. The molecule has 0 saturated heterocycles. The number of nitrogens with one attached hydrogen (secondary N) is 1. The van der Waals surface area contributed by atoms with Gasteiger partial charge in [0.2, 0.25) is 0 Å². The third kappa shape index (κ3) is 4.72. The van der Waals surface area contributed by atoms with E-state index in [1.807, 2.05) is 74.5 Å². The minimum absolute atomic E-state index is 0.302. The van der Waals surface area contributed by atoms with E-state index in [1.54, 1.807) is 13.1 Å². The van der Waals surface area contributed by atoms with Gasteiger partial charge < -0.3 is 14.8 Å². The van der Waals surface area contributed by atoms with Crippen molar-refractivity contribution in [2.24, 2.45) is 0 Å². The first-order chi connectivity index (χ1) is 15.5. The Labute approximate surface area is 188 Å². The highest BCUT2D eigenvalue weighted by atomic mass is 16.5. The van der Waals surface area contributed by atoms with Crippen molar-refractivity contribution in [2.45, 2.75) is 27.4 Å². The maximum absolute atomic E-state index is 12.6. The van der Waals surface area contributed by atoms with Gasteiger partial charge in [-0.05, 0) is 62.2 Å². The van der Waals surface area contributed by atoms with Crippen molar-refractivity contribution in [1.29, 1.82) is 0 Å². The topological polar surface area (TPSA) is 60.5 Å². The Morgan fingerprint density at radius 3 is 2.47 bits per heavy atom. The van der Waals surface area contributed by atoms with Crippen LogP contribution in [-0.2, 0) is 11.3 Å². The summed E-state index contributed by atoms with van der Waals surface area (Å²) in [6.07, 6.45) is 1.59. The fourth-order valence-corrected chi connectivity index (χ4v) is 3.68. The van der Waals surface area contributed by atoms with Crippen LogP contribution in [0.5, 0.6) is 5.75 Å². The number of carbonyl (C=O) groups excluding carboxylic acids is 1. The minimum atomic E-state index is -0.397. The van der Waals surface area contributed by atoms with Crippen LogP contribution in [0, 0.1) is 13.8 Å². The lowest BCUT2D eigenvalue weighted by Crippen LogP contribution is -2.09. The number of pyridine rings is 1. The molecule has 4 rings (SSSR count). The van der Waals surface area contributed by atoms with Gasteiger partial charge >= 0.3 is 5.97 Å². The number of anilines is 2. The number of hydrogen-bond donors (Lipinski definition) is 1. The Morgan fingerprint density at radius 1 is 1.00 bits per heavy atom. The fraction of sp³-hybridized carbons (Fsp3) is 0.185. The Kier molecular flexibility index (Phi) is 6.36. The predicted octanol–water partition coefficient (Wildman–Crippen LogP) is 6.35. The summed E-state index contributed by atoms with van der Waals surface area (Å²) >= 11 is 0. The molecule has 5 heteroatoms. The van der Waals surface area contributed by atoms with Gasteiger partial charge in [-0.2, -0.15) is 0 Å². The maximum Gasteiger partial charge on any atom is 0.341 e. The molecule has 0 aliphatic rings. The van der Waals surface area contributed by atoms with Crippen LogP contribution in [0.15, 0.2) is 72.9 Å². The summed E-state index contributed by atoms with van der Waals surface area (Å²) in [4.78, 5) is 17.2. The van der Waals surface area contributed by atoms with Gasteiger partial charge in [0.05, 0.1) is 17.8 Å². The van der Waals surface area contributed by atoms with Crippen LogP contribution >= 0.6 is 0 Å². The molecule has 0 saturated carbocycles. The number of hydrogen-bond acceptors (Lipinski definition) is 5. The summed E-state index contributed by atoms with van der Waals surface area (Å²) in [7, 11) is 0. The second-order valence-corrected chi connectivity index (χ2v) is 7.67. The van der Waals surface area contributed by atoms with Crippen LogP contribution in [0.3, 0.4) is 0 Å². The number of carbonyl (C=O) groups is 1. The summed E-state index contributed by atoms with van der Waals surface area (Å²) in [5, 5.41) is 4.30. The van der Waals surface area contributed by atoms with Crippen molar-refractivity contribution in [3.63, 3.8) is 0 Å². The number of rotatable bonds is 7. The molecule has 0 spiro atoms. The van der Waals surface area contributed by atoms with Crippen LogP contribution in [-0.4, -0.2) is 17.6 Å². The van der Waals surface area contributed by atoms with E-state index in [9.17, 15) is 4.79 Å². The monoisotopic (exact) mass is 426 g/mol. The molecule has 0 atom stereocenters. The molecule has 3 aromatic carbocycles. The molecule has 0 bridgehead atoms. The average Bonchev–Trinajstić information content (AvgIpc) is 2.80. The Hall–Kier alpha value is -3.86. The summed E-state index contributed by atoms with van der Waals surface area (Å²) in [5.74, 6) is 0.377. The lowest BCUT2D eigenvalue weighted by atomic mass is 10.0. The number of esters is 1. The first kappa shape index (κ1) is 21.4. The fourth-order valence-electron chi connectivity index (χ4n) is 3.68. The second kappa shape index (κ2) is 9.52. The highest BCUT2D eigenvalue weighted by molar-refractivity contribution is 6.06. The van der Waals surface area contributed by atoms with Gasteiger partial charge in [-0.3, -0.25) is 4.98 Å². The molecule has 0 unspecified atom stereocenters. The van der Waals surface area contributed by atoms with Gasteiger partial charge in [0.1, 0.15) is 17.9 Å². The lowest BCUT2D eigenvalue weighted by Gasteiger charge is -2.16. The molecule has 0 aliphatic carbocycles. The smallest absolute Gasteiger partial charge is 0.341 e. The normalized spacial score (nSPS) is 10.7. The van der Waals surface area contributed by atoms with Crippen molar-refractivity contribution in [3.05, 3.63) is 95.2 Å². The van der Waals surface area contributed by atoms with Crippen molar-refractivity contribution >= 4 is 28.2 Å². The van der Waals surface area contributed by atoms with Gasteiger partial charge in [0, 0.05) is 17.3 Å². The number of benzene rings is 3. The predicted molar refractivity (Wildman–Crippen MR) is 128 cm³/mol. The maximum atomic E-state index is 12.6. The molecule has 32 heavy (non-hydrogen) atoms. The third-order valence-electron chi connectivity index (χ3n) is 5.17. The van der Waals surface area contributed by atoms with Crippen molar-refractivity contribution in [2.75, 3.05) is 11.9 Å². The SMILES string of the molecule is CCOC(=O)c1cnc2c(C)cc(C)cc2c1Nc1ccc(OCc2ccccc2)cc1. The van der Waals surface area contributed by atoms with Gasteiger partial charge in [0.15, 0.2) is 0 Å². The van der Waals surface area contributed by atoms with Crippen LogP contribution in [0.25, 0.3) is 10.9 Å². The van der Waals surface area contributed by atoms with E-state index in [0.717, 1.165) is 39.0 Å². The Balaban J connectivity index is 1.63. The highest BCUT2D eigenvalue weighted by Crippen LogP contribution is 2.32. The standard InChI is InChI=1S/C27H26N2O3/c1-4-31-27(30)24-16-28-25-19(3)14-18(2)15-23(25)26(24)29-21-10-12-22(13-11-21)32-17-20-8-6-5-7-9-20/h5-16H,4,17H2,1-3H3,(H,28,29). The molecule has 5 nitrogen and oxygen atoms in total. The Morgan fingerprint density at radius 2 is 1.75 bits per heavy atom. The number of ether oxygens (including phenoxy) is 2. The number of aromatic nitrogens is 1.